The van der Waals surface area contributed by atoms with Crippen molar-refractivity contribution in [3.05, 3.63) is 46.2 Å². The Morgan fingerprint density at radius 3 is 1.59 bits per heavy atom. The Morgan fingerprint density at radius 1 is 0.616 bits per heavy atom. The first kappa shape index (κ1) is 63.4. The van der Waals surface area contributed by atoms with Gasteiger partial charge >= 0.3 is 58.6 Å². The molecule has 0 aromatic carbocycles. The molecule has 20 nitrogen and oxygen atoms in total. The van der Waals surface area contributed by atoms with Gasteiger partial charge in [0, 0.05) is 94.3 Å². The Bertz CT molecular complexity index is 2390. The first-order valence-electron chi connectivity index (χ1n) is 23.7. The predicted octanol–water partition coefficient (Wildman–Crippen LogP) is 6.20. The van der Waals surface area contributed by atoms with Crippen LogP contribution in [0.3, 0.4) is 0 Å². The fourth-order valence-corrected chi connectivity index (χ4v) is 12.0. The van der Waals surface area contributed by atoms with Crippen LogP contribution in [0.1, 0.15) is 120 Å². The largest absolute Gasteiger partial charge is 2.00 e. The number of carbonyl (C=O) groups is 7. The molecule has 0 saturated carbocycles. The van der Waals surface area contributed by atoms with Gasteiger partial charge in [0.05, 0.1) is 68.0 Å². The molecule has 0 amide bonds. The minimum atomic E-state index is -1.61. The van der Waals surface area contributed by atoms with Crippen LogP contribution in [-0.2, 0) is 83.5 Å². The van der Waals surface area contributed by atoms with Crippen molar-refractivity contribution in [2.75, 3.05) is 49.8 Å². The zero-order valence-corrected chi connectivity index (χ0v) is 45.9. The van der Waals surface area contributed by atoms with Crippen LogP contribution in [0, 0.1) is 57.2 Å². The van der Waals surface area contributed by atoms with E-state index in [0.717, 1.165) is 0 Å². The number of hydrogen-bond donors (Lipinski definition) is 0. The predicted molar refractivity (Wildman–Crippen MR) is 262 cm³/mol. The summed E-state index contributed by atoms with van der Waals surface area (Å²) in [5.41, 5.74) is -1.97. The summed E-state index contributed by atoms with van der Waals surface area (Å²) in [5.74, 6) is -6.32. The van der Waals surface area contributed by atoms with Crippen LogP contribution in [-0.4, -0.2) is 126 Å². The van der Waals surface area contributed by atoms with Gasteiger partial charge in [-0.15, -0.1) is 0 Å². The minimum Gasteiger partial charge on any atom is -0.680 e. The number of esters is 7. The van der Waals surface area contributed by atoms with E-state index in [0.29, 0.717) is 51.8 Å². The minimum absolute atomic E-state index is 0. The zero-order chi connectivity index (χ0) is 53.6. The number of fused-ring (bicyclic) bond motifs is 6. The van der Waals surface area contributed by atoms with E-state index in [1.165, 1.54) is 49.8 Å². The third-order valence-electron chi connectivity index (χ3n) is 16.4. The maximum atomic E-state index is 15.0. The third kappa shape index (κ3) is 11.5. The second kappa shape index (κ2) is 25.0. The number of carbonyl (C=O) groups excluding carboxylic acids is 7. The van der Waals surface area contributed by atoms with Crippen molar-refractivity contribution in [3.63, 3.8) is 0 Å². The van der Waals surface area contributed by atoms with Crippen LogP contribution >= 0.6 is 0 Å². The molecule has 5 heterocycles. The van der Waals surface area contributed by atoms with Gasteiger partial charge in [-0.05, 0) is 69.6 Å². The molecule has 405 valence electrons. The van der Waals surface area contributed by atoms with E-state index in [-0.39, 0.29) is 80.0 Å². The van der Waals surface area contributed by atoms with Gasteiger partial charge in [0.2, 0.25) is 0 Å². The smallest absolute Gasteiger partial charge is 0.680 e. The second-order valence-corrected chi connectivity index (χ2v) is 20.2. The van der Waals surface area contributed by atoms with E-state index in [1.807, 2.05) is 47.6 Å². The first-order valence-corrected chi connectivity index (χ1v) is 23.7. The molecule has 73 heavy (non-hydrogen) atoms. The summed E-state index contributed by atoms with van der Waals surface area (Å²) >= 11 is 0. The van der Waals surface area contributed by atoms with E-state index in [1.54, 1.807) is 13.8 Å². The van der Waals surface area contributed by atoms with Crippen LogP contribution < -0.4 is 0 Å². The molecule has 0 aliphatic carbocycles. The van der Waals surface area contributed by atoms with Crippen molar-refractivity contribution < 1.29 is 89.0 Å². The van der Waals surface area contributed by atoms with E-state index < -0.39 is 98.7 Å². The van der Waals surface area contributed by atoms with Gasteiger partial charge in [-0.2, -0.15) is 5.70 Å². The number of nitrogens with zero attached hydrogens (tertiary/aromatic N) is 5. The Labute approximate surface area is 439 Å². The van der Waals surface area contributed by atoms with E-state index >= 15 is 0 Å². The normalized spacial score (nSPS) is 31.9. The Morgan fingerprint density at radius 2 is 1.10 bits per heavy atom. The summed E-state index contributed by atoms with van der Waals surface area (Å²) in [6.07, 6.45) is 2.09. The SMILES string of the molecule is COC(=O)CC[C@@H]1/C2=C(\C)C3=NC([C@H](CC(=O)OC)[C@@]3(C)CCC(=O)OC)[C@]3(C)[N-]/C(=C(/C)C4=N/C(=C\C(=N2)C1(C)C)[C@@H](CCC(=O)OC)[C@]4(C)CC(=O)OC)[C@@H](CCC(=O)OC)[C@]3(C)C(=O)OC.O.[C-]#N.[Co+2]. The fourth-order valence-electron chi connectivity index (χ4n) is 12.0. The van der Waals surface area contributed by atoms with E-state index in [4.69, 9.17) is 65.3 Å². The molecular weight excluding hydrogens is 994 g/mol. The summed E-state index contributed by atoms with van der Waals surface area (Å²) in [4.78, 5) is 111. The summed E-state index contributed by atoms with van der Waals surface area (Å²) in [5, 5.41) is 11.9. The topological polar surface area (TPSA) is 291 Å². The molecule has 1 fully saturated rings. The standard InChI is InChI=1S/C51H71N4O14.CN.Co.H2O/c1-27-41-30(17-20-36(57)64-10)47(3,4)34(53-41)25-33-29(16-19-35(56)63-9)49(6,26-40(61)68-14)44(52-33)28(2)42-31(18-21-37(58)65-11)50(7,46(62)69-15)51(8,55-42)45-32(24-39(60)67-13)48(5,43(27)54-45)23-22-38(59)66-12;1-2;;/h25,29-32,45H,16-24,26H2,1-15H3;;;1H2/q2*-1;+2;/t29-,30-,31-,32+,45?,48-,49+,50-,51+;;;/m1.../s1. The van der Waals surface area contributed by atoms with E-state index in [2.05, 4.69) is 0 Å². The third-order valence-corrected chi connectivity index (χ3v) is 16.4. The van der Waals surface area contributed by atoms with Gasteiger partial charge < -0.3 is 55.8 Å². The zero-order valence-electron chi connectivity index (χ0n) is 44.8. The van der Waals surface area contributed by atoms with Crippen molar-refractivity contribution in [3.8, 4) is 0 Å². The molecule has 1 unspecified atom stereocenters. The van der Waals surface area contributed by atoms with Gasteiger partial charge in [-0.1, -0.05) is 40.2 Å². The van der Waals surface area contributed by atoms with Gasteiger partial charge in [-0.3, -0.25) is 48.5 Å². The number of allylic oxidation sites excluding steroid dienone is 6. The maximum Gasteiger partial charge on any atom is 2.00 e. The fraction of sp³-hybridized carbons (Fsp3) is 0.673. The van der Waals surface area contributed by atoms with Crippen molar-refractivity contribution in [1.82, 2.24) is 0 Å². The number of methoxy groups -OCH3 is 7. The van der Waals surface area contributed by atoms with Gasteiger partial charge in [0.1, 0.15) is 0 Å². The molecule has 9 atom stereocenters. The Kier molecular flexibility index (Phi) is 21.7. The molecular formula is C52H73CoN5O15. The Hall–Kier alpha value is -5.72. The molecule has 0 spiro atoms. The molecule has 21 heteroatoms. The van der Waals surface area contributed by atoms with E-state index in [9.17, 15) is 33.6 Å². The molecule has 0 aromatic heterocycles. The number of ether oxygens (including phenoxy) is 7. The average molecular weight is 1070 g/mol. The van der Waals surface area contributed by atoms with Crippen LogP contribution in [0.4, 0.5) is 0 Å². The molecule has 2 N–H and O–H groups in total. The summed E-state index contributed by atoms with van der Waals surface area (Å²) < 4.78 is 36.9. The monoisotopic (exact) mass is 1070 g/mol. The van der Waals surface area contributed by atoms with Crippen molar-refractivity contribution >= 4 is 58.9 Å². The molecule has 8 bridgehead atoms. The quantitative estimate of drug-likeness (QED) is 0.0890. The first-order chi connectivity index (χ1) is 33.3. The summed E-state index contributed by atoms with van der Waals surface area (Å²) in [6.45, 7) is 19.9. The molecule has 1 radical (unpaired) electrons. The molecule has 1 saturated heterocycles. The van der Waals surface area contributed by atoms with Crippen LogP contribution in [0.25, 0.3) is 5.32 Å². The summed E-state index contributed by atoms with van der Waals surface area (Å²) in [6, 6.07) is -0.996. The van der Waals surface area contributed by atoms with Crippen LogP contribution in [0.2, 0.25) is 0 Å². The van der Waals surface area contributed by atoms with Crippen molar-refractivity contribution in [1.29, 1.82) is 5.26 Å². The molecule has 5 rings (SSSR count). The van der Waals surface area contributed by atoms with Gasteiger partial charge in [0.15, 0.2) is 0 Å². The second-order valence-electron chi connectivity index (χ2n) is 20.2. The number of rotatable bonds is 17. The average Bonchev–Trinajstić information content (AvgIpc) is 3.98. The maximum absolute atomic E-state index is 15.0. The van der Waals surface area contributed by atoms with Gasteiger partial charge in [-0.25, -0.2) is 0 Å². The molecule has 0 aromatic rings. The Balaban J connectivity index is 0.00000451. The molecule has 5 aliphatic heterocycles. The number of aliphatic imine (C=N–C) groups is 3. The van der Waals surface area contributed by atoms with Crippen LogP contribution in [0.15, 0.2) is 49.3 Å². The summed E-state index contributed by atoms with van der Waals surface area (Å²) in [7, 11) is 9.08. The van der Waals surface area contributed by atoms with Crippen LogP contribution in [0.5, 0.6) is 0 Å². The number of hydrogen-bond acceptors (Lipinski definition) is 18. The van der Waals surface area contributed by atoms with Crippen molar-refractivity contribution in [2.45, 2.75) is 131 Å². The van der Waals surface area contributed by atoms with Gasteiger partial charge in [0.25, 0.3) is 0 Å². The molecule has 5 aliphatic rings. The van der Waals surface area contributed by atoms with Crippen molar-refractivity contribution in [2.24, 2.45) is 60.3 Å².